The first-order valence-electron chi connectivity index (χ1n) is 24.8. The van der Waals surface area contributed by atoms with E-state index in [1.807, 2.05) is 6.26 Å². The van der Waals surface area contributed by atoms with E-state index in [-0.39, 0.29) is 68.6 Å². The molecule has 78 heavy (non-hydrogen) atoms. The number of aromatic nitrogens is 5. The first-order valence-corrected chi connectivity index (χ1v) is 26.2. The highest BCUT2D eigenvalue weighted by molar-refractivity contribution is 7.98. The second-order valence-corrected chi connectivity index (χ2v) is 19.4. The number of aromatic amines is 1. The van der Waals surface area contributed by atoms with Gasteiger partial charge in [-0.2, -0.15) is 16.6 Å². The highest BCUT2D eigenvalue weighted by atomic mass is 32.2. The molecular formula is C51H63N15O11S. The molecule has 0 spiro atoms. The number of nitrogens with zero attached hydrogens (tertiary/aromatic N) is 4. The van der Waals surface area contributed by atoms with Crippen LogP contribution in [0.15, 0.2) is 97.6 Å². The van der Waals surface area contributed by atoms with Gasteiger partial charge in [-0.3, -0.25) is 48.6 Å². The molecule has 0 aliphatic carbocycles. The number of phenols is 2. The lowest BCUT2D eigenvalue weighted by molar-refractivity contribution is -0.135. The third-order valence-corrected chi connectivity index (χ3v) is 13.1. The zero-order chi connectivity index (χ0) is 56.1. The van der Waals surface area contributed by atoms with Gasteiger partial charge >= 0.3 is 0 Å². The van der Waals surface area contributed by atoms with Crippen molar-refractivity contribution in [3.8, 4) is 11.5 Å². The van der Waals surface area contributed by atoms with Crippen LogP contribution in [0.5, 0.6) is 11.5 Å². The summed E-state index contributed by atoms with van der Waals surface area (Å²) in [6, 6.07) is 10.2. The van der Waals surface area contributed by atoms with Crippen LogP contribution < -0.4 is 54.1 Å². The fraction of sp³-hybridized carbons (Fsp3) is 0.373. The molecule has 7 atom stereocenters. The molecule has 0 fully saturated rings. The van der Waals surface area contributed by atoms with E-state index >= 15 is 0 Å². The van der Waals surface area contributed by atoms with E-state index in [1.165, 1.54) is 79.0 Å². The van der Waals surface area contributed by atoms with E-state index in [9.17, 15) is 53.4 Å². The predicted molar refractivity (Wildman–Crippen MR) is 283 cm³/mol. The van der Waals surface area contributed by atoms with E-state index in [2.05, 4.69) is 62.9 Å². The number of carbonyl (C=O) groups is 9. The van der Waals surface area contributed by atoms with E-state index in [1.54, 1.807) is 30.3 Å². The average molecular weight is 1090 g/mol. The Balaban J connectivity index is 1.41. The zero-order valence-electron chi connectivity index (χ0n) is 42.5. The molecule has 1 aliphatic rings. The van der Waals surface area contributed by atoms with Gasteiger partial charge in [-0.25, -0.2) is 4.98 Å². The number of rotatable bonds is 16. The Bertz CT molecular complexity index is 2850. The molecule has 9 amide bonds. The molecule has 5 aromatic rings. The topological polar surface area (TPSA) is 402 Å². The second-order valence-electron chi connectivity index (χ2n) is 18.4. The quantitative estimate of drug-likeness (QED) is 0.0465. The van der Waals surface area contributed by atoms with Crippen molar-refractivity contribution in [2.75, 3.05) is 24.0 Å². The van der Waals surface area contributed by atoms with Gasteiger partial charge in [0.25, 0.3) is 0 Å². The number of nitrogens with two attached hydrogens (primary N) is 2. The molecule has 15 N–H and O–H groups in total. The Morgan fingerprint density at radius 1 is 0.628 bits per heavy atom. The molecular weight excluding hydrogens is 1030 g/mol. The lowest BCUT2D eigenvalue weighted by Gasteiger charge is -2.28. The Kier molecular flexibility index (Phi) is 21.5. The summed E-state index contributed by atoms with van der Waals surface area (Å²) in [7, 11) is 0. The third kappa shape index (κ3) is 18.4. The number of hydrogen-bond donors (Lipinski definition) is 13. The molecule has 414 valence electrons. The number of nitrogens with one attached hydrogen (secondary N) is 9. The molecule has 0 saturated heterocycles. The van der Waals surface area contributed by atoms with E-state index in [4.69, 9.17) is 11.5 Å². The second kappa shape index (κ2) is 28.8. The van der Waals surface area contributed by atoms with Gasteiger partial charge in [0.05, 0.1) is 18.2 Å². The number of carbonyl (C=O) groups excluding carboxylic acids is 9. The molecule has 0 saturated carbocycles. The number of primary amides is 2. The van der Waals surface area contributed by atoms with Crippen LogP contribution in [0.4, 0.5) is 0 Å². The Morgan fingerprint density at radius 2 is 1.12 bits per heavy atom. The maximum Gasteiger partial charge on any atom is 0.243 e. The molecule has 0 unspecified atom stereocenters. The van der Waals surface area contributed by atoms with Crippen molar-refractivity contribution in [3.63, 3.8) is 0 Å². The fourth-order valence-electron chi connectivity index (χ4n) is 8.23. The minimum atomic E-state index is -1.48. The van der Waals surface area contributed by atoms with Crippen LogP contribution in [0.1, 0.15) is 53.8 Å². The summed E-state index contributed by atoms with van der Waals surface area (Å²) >= 11 is 1.48. The number of H-pyrrole nitrogens is 1. The average Bonchev–Trinajstić information content (AvgIpc) is 4.11. The zero-order valence-corrected chi connectivity index (χ0v) is 43.3. The SMILES string of the molecule is CSCCC[C@@H]1NC(=O)[C@H](CCC(N)=O)NC(=O)[C@H](Cc2cnc[nH]2)NC(=O)CNn2cc(nn2)C[C@@H](C(N)=O)NC(=O)[C@H](Cc2ccc(O)cc2)NC(=O)[C@H](Cc2ccc(O)cc2)NC(=O)[C@H](Cc2ccccc2)NC1=O. The van der Waals surface area contributed by atoms with E-state index in [0.29, 0.717) is 34.6 Å². The van der Waals surface area contributed by atoms with Crippen LogP contribution in [0, 0.1) is 0 Å². The van der Waals surface area contributed by atoms with Gasteiger partial charge in [0, 0.05) is 50.4 Å². The lowest BCUT2D eigenvalue weighted by Crippen LogP contribution is -2.61. The number of fused-ring (bicyclic) bond motifs is 2. The molecule has 0 radical (unpaired) electrons. The number of hydrogen-bond acceptors (Lipinski definition) is 16. The van der Waals surface area contributed by atoms with Gasteiger partial charge < -0.3 is 63.9 Å². The van der Waals surface area contributed by atoms with Crippen molar-refractivity contribution in [2.24, 2.45) is 11.5 Å². The largest absolute Gasteiger partial charge is 0.508 e. The Hall–Kier alpha value is -9.01. The minimum absolute atomic E-state index is 0.0420. The summed E-state index contributed by atoms with van der Waals surface area (Å²) in [5.74, 6) is -7.32. The molecule has 2 bridgehead atoms. The van der Waals surface area contributed by atoms with Crippen LogP contribution in [0.3, 0.4) is 0 Å². The van der Waals surface area contributed by atoms with Crippen molar-refractivity contribution >= 4 is 64.9 Å². The van der Waals surface area contributed by atoms with Gasteiger partial charge in [-0.05, 0) is 77.4 Å². The predicted octanol–water partition coefficient (Wildman–Crippen LogP) is -2.23. The summed E-state index contributed by atoms with van der Waals surface area (Å²) in [5.41, 5.74) is 16.1. The number of phenolic OH excluding ortho intramolecular Hbond substituents is 2. The number of amides is 9. The van der Waals surface area contributed by atoms with Gasteiger partial charge in [-0.1, -0.05) is 54.6 Å². The number of imidazole rings is 1. The van der Waals surface area contributed by atoms with Crippen molar-refractivity contribution in [3.05, 3.63) is 126 Å². The number of thioether (sulfide) groups is 1. The van der Waals surface area contributed by atoms with Gasteiger partial charge in [0.2, 0.25) is 53.2 Å². The maximum atomic E-state index is 14.8. The van der Waals surface area contributed by atoms with Crippen LogP contribution >= 0.6 is 11.8 Å². The summed E-state index contributed by atoms with van der Waals surface area (Å²) < 4.78 is 0. The Labute approximate surface area is 451 Å². The summed E-state index contributed by atoms with van der Waals surface area (Å²) in [4.78, 5) is 133. The molecule has 2 aromatic heterocycles. The number of aromatic hydroxyl groups is 2. The third-order valence-electron chi connectivity index (χ3n) is 12.4. The van der Waals surface area contributed by atoms with Crippen LogP contribution in [0.2, 0.25) is 0 Å². The summed E-state index contributed by atoms with van der Waals surface area (Å²) in [6.07, 6.45) is 4.70. The molecule has 3 heterocycles. The minimum Gasteiger partial charge on any atom is -0.508 e. The lowest BCUT2D eigenvalue weighted by atomic mass is 10.00. The van der Waals surface area contributed by atoms with E-state index < -0.39 is 102 Å². The van der Waals surface area contributed by atoms with E-state index in [0.717, 1.165) is 4.79 Å². The maximum absolute atomic E-state index is 14.8. The van der Waals surface area contributed by atoms with Crippen LogP contribution in [-0.2, 0) is 75.3 Å². The molecule has 1 aliphatic heterocycles. The Morgan fingerprint density at radius 3 is 1.62 bits per heavy atom. The van der Waals surface area contributed by atoms with Gasteiger partial charge in [0.15, 0.2) is 0 Å². The van der Waals surface area contributed by atoms with Crippen LogP contribution in [-0.4, -0.2) is 149 Å². The highest BCUT2D eigenvalue weighted by Gasteiger charge is 2.35. The molecule has 3 aromatic carbocycles. The number of benzene rings is 3. The summed E-state index contributed by atoms with van der Waals surface area (Å²) in [5, 5.41) is 46.8. The van der Waals surface area contributed by atoms with Crippen molar-refractivity contribution in [1.82, 2.24) is 62.3 Å². The van der Waals surface area contributed by atoms with Crippen molar-refractivity contribution < 1.29 is 53.4 Å². The molecule has 26 nitrogen and oxygen atoms in total. The van der Waals surface area contributed by atoms with Crippen LogP contribution in [0.25, 0.3) is 0 Å². The standard InChI is InChI=1S/C51H63N15O11S/c1-78-19-5-8-36-46(72)61-39(20-29-6-3-2-4-7-29)49(75)63-41(22-31-11-15-35(68)16-12-31)50(76)62-40(21-30-9-13-34(67)14-10-30)48(74)60-38(45(53)71)24-33-27-66(65-64-33)56-26-44(70)57-42(23-32-25-54-28-55-32)51(77)59-37(47(73)58-36)17-18-43(52)69/h2-4,6-7,9-16,25,27-28,36-42,56,67-68H,5,8,17-24,26H2,1H3,(H2,52,69)(H2,53,71)(H,54,55)(H,57,70)(H,58,73)(H,59,77)(H,60,74)(H,61,72)(H,62,76)(H,63,75)/t36-,37-,38-,39-,40-,41-,42-/m0/s1. The fourth-order valence-corrected chi connectivity index (χ4v) is 8.68. The molecule has 27 heteroatoms. The first kappa shape index (κ1) is 58.3. The van der Waals surface area contributed by atoms with Gasteiger partial charge in [-0.15, -0.1) is 5.10 Å². The normalized spacial score (nSPS) is 21.4. The van der Waals surface area contributed by atoms with Crippen molar-refractivity contribution in [2.45, 2.75) is 100 Å². The highest BCUT2D eigenvalue weighted by Crippen LogP contribution is 2.16. The van der Waals surface area contributed by atoms with Gasteiger partial charge in [0.1, 0.15) is 60.3 Å². The summed E-state index contributed by atoms with van der Waals surface area (Å²) in [6.45, 7) is -0.501. The first-order chi connectivity index (χ1) is 37.4. The van der Waals surface area contributed by atoms with Crippen molar-refractivity contribution in [1.29, 1.82) is 0 Å². The molecule has 6 rings (SSSR count). The smallest absolute Gasteiger partial charge is 0.243 e. The monoisotopic (exact) mass is 1090 g/mol.